The fourth-order valence-electron chi connectivity index (χ4n) is 2.08. The van der Waals surface area contributed by atoms with Gasteiger partial charge in [-0.3, -0.25) is 0 Å². The number of anilines is 1. The molecule has 0 saturated carbocycles. The van der Waals surface area contributed by atoms with Gasteiger partial charge in [0.15, 0.2) is 0 Å². The number of hydrogen-bond acceptors (Lipinski definition) is 4. The van der Waals surface area contributed by atoms with E-state index < -0.39 is 0 Å². The predicted molar refractivity (Wildman–Crippen MR) is 84.5 cm³/mol. The second-order valence-corrected chi connectivity index (χ2v) is 7.77. The lowest BCUT2D eigenvalue weighted by Gasteiger charge is -2.33. The van der Waals surface area contributed by atoms with Crippen molar-refractivity contribution < 1.29 is 0 Å². The zero-order valence-corrected chi connectivity index (χ0v) is 13.7. The lowest BCUT2D eigenvalue weighted by atomic mass is 9.96. The zero-order valence-electron chi connectivity index (χ0n) is 12.1. The van der Waals surface area contributed by atoms with E-state index in [2.05, 4.69) is 49.3 Å². The highest BCUT2D eigenvalue weighted by atomic mass is 35.5. The zero-order chi connectivity index (χ0) is 14.0. The molecule has 19 heavy (non-hydrogen) atoms. The summed E-state index contributed by atoms with van der Waals surface area (Å²) in [5.74, 6) is 2.95. The van der Waals surface area contributed by atoms with Crippen LogP contribution in [0.5, 0.6) is 0 Å². The molecule has 1 aromatic rings. The Morgan fingerprint density at radius 2 is 2.16 bits per heavy atom. The molecule has 0 amide bonds. The number of thioether (sulfide) groups is 1. The Morgan fingerprint density at radius 1 is 1.42 bits per heavy atom. The first-order valence-corrected chi connectivity index (χ1v) is 8.24. The summed E-state index contributed by atoms with van der Waals surface area (Å²) in [6, 6.07) is 1.89. The van der Waals surface area contributed by atoms with E-state index in [0.717, 1.165) is 30.5 Å². The van der Waals surface area contributed by atoms with Gasteiger partial charge >= 0.3 is 0 Å². The lowest BCUT2D eigenvalue weighted by molar-refractivity contribution is 0.543. The van der Waals surface area contributed by atoms with Gasteiger partial charge in [0.1, 0.15) is 16.8 Å². The monoisotopic (exact) mass is 299 g/mol. The van der Waals surface area contributed by atoms with Crippen molar-refractivity contribution in [1.29, 1.82) is 0 Å². The van der Waals surface area contributed by atoms with E-state index in [4.69, 9.17) is 16.6 Å². The first-order valence-electron chi connectivity index (χ1n) is 6.81. The van der Waals surface area contributed by atoms with Crippen molar-refractivity contribution in [3.05, 3.63) is 17.0 Å². The summed E-state index contributed by atoms with van der Waals surface area (Å²) in [5, 5.41) is 1.24. The summed E-state index contributed by atoms with van der Waals surface area (Å²) >= 11 is 8.22. The molecule has 5 heteroatoms. The highest BCUT2D eigenvalue weighted by Crippen LogP contribution is 2.28. The highest BCUT2D eigenvalue weighted by molar-refractivity contribution is 8.00. The molecule has 1 aromatic heterocycles. The van der Waals surface area contributed by atoms with Crippen LogP contribution in [-0.4, -0.2) is 34.1 Å². The van der Waals surface area contributed by atoms with Gasteiger partial charge in [0.05, 0.1) is 0 Å². The van der Waals surface area contributed by atoms with Gasteiger partial charge in [-0.1, -0.05) is 39.3 Å². The van der Waals surface area contributed by atoms with E-state index in [1.54, 1.807) is 0 Å². The molecule has 106 valence electrons. The van der Waals surface area contributed by atoms with Gasteiger partial charge in [-0.15, -0.1) is 0 Å². The molecule has 0 spiro atoms. The largest absolute Gasteiger partial charge is 0.355 e. The van der Waals surface area contributed by atoms with Gasteiger partial charge < -0.3 is 4.90 Å². The molecule has 2 rings (SSSR count). The first kappa shape index (κ1) is 14.9. The number of aromatic nitrogens is 2. The smallest absolute Gasteiger partial charge is 0.137 e. The summed E-state index contributed by atoms with van der Waals surface area (Å²) < 4.78 is 0. The maximum Gasteiger partial charge on any atom is 0.137 e. The maximum absolute atomic E-state index is 6.16. The minimum Gasteiger partial charge on any atom is -0.355 e. The van der Waals surface area contributed by atoms with E-state index >= 15 is 0 Å². The van der Waals surface area contributed by atoms with Crippen LogP contribution in [0.15, 0.2) is 6.07 Å². The second-order valence-electron chi connectivity index (χ2n) is 5.97. The standard InChI is InChI=1S/C14H22ClN3S/c1-5-10-9-18(6-7-19-10)12-8-11(15)16-13(17-12)14(2,3)4/h8,10H,5-7,9H2,1-4H3. The van der Waals surface area contributed by atoms with E-state index in [9.17, 15) is 0 Å². The summed E-state index contributed by atoms with van der Waals surface area (Å²) in [7, 11) is 0. The molecule has 1 aliphatic rings. The van der Waals surface area contributed by atoms with E-state index in [-0.39, 0.29) is 5.41 Å². The van der Waals surface area contributed by atoms with Gasteiger partial charge in [0, 0.05) is 35.6 Å². The van der Waals surface area contributed by atoms with Crippen LogP contribution in [0.3, 0.4) is 0 Å². The van der Waals surface area contributed by atoms with Gasteiger partial charge in [-0.05, 0) is 6.42 Å². The van der Waals surface area contributed by atoms with Crippen LogP contribution >= 0.6 is 23.4 Å². The van der Waals surface area contributed by atoms with E-state index in [1.807, 2.05) is 6.07 Å². The molecule has 0 aromatic carbocycles. The van der Waals surface area contributed by atoms with Crippen molar-refractivity contribution in [2.75, 3.05) is 23.7 Å². The van der Waals surface area contributed by atoms with Gasteiger partial charge in [0.25, 0.3) is 0 Å². The molecular weight excluding hydrogens is 278 g/mol. The summed E-state index contributed by atoms with van der Waals surface area (Å²) in [4.78, 5) is 11.4. The van der Waals surface area contributed by atoms with Crippen molar-refractivity contribution in [3.8, 4) is 0 Å². The maximum atomic E-state index is 6.16. The fraction of sp³-hybridized carbons (Fsp3) is 0.714. The SMILES string of the molecule is CCC1CN(c2cc(Cl)nc(C(C)(C)C)n2)CCS1. The van der Waals surface area contributed by atoms with Crippen LogP contribution in [0, 0.1) is 0 Å². The molecule has 0 aliphatic carbocycles. The van der Waals surface area contributed by atoms with E-state index in [0.29, 0.717) is 10.4 Å². The van der Waals surface area contributed by atoms with Gasteiger partial charge in [-0.25, -0.2) is 9.97 Å². The Labute approximate surface area is 125 Å². The minimum absolute atomic E-state index is 0.0751. The fourth-order valence-corrected chi connectivity index (χ4v) is 3.44. The lowest BCUT2D eigenvalue weighted by Crippen LogP contribution is -2.38. The third-order valence-electron chi connectivity index (χ3n) is 3.27. The van der Waals surface area contributed by atoms with Crippen molar-refractivity contribution >= 4 is 29.2 Å². The van der Waals surface area contributed by atoms with Crippen LogP contribution in [0.1, 0.15) is 39.9 Å². The third-order valence-corrected chi connectivity index (χ3v) is 4.84. The Balaban J connectivity index is 2.26. The quantitative estimate of drug-likeness (QED) is 0.778. The van der Waals surface area contributed by atoms with Crippen molar-refractivity contribution in [2.45, 2.75) is 44.8 Å². The molecule has 0 N–H and O–H groups in total. The number of nitrogens with zero attached hydrogens (tertiary/aromatic N) is 3. The van der Waals surface area contributed by atoms with Gasteiger partial charge in [-0.2, -0.15) is 11.8 Å². The van der Waals surface area contributed by atoms with Crippen LogP contribution in [0.2, 0.25) is 5.15 Å². The van der Waals surface area contributed by atoms with Crippen molar-refractivity contribution in [3.63, 3.8) is 0 Å². The predicted octanol–water partition coefficient (Wildman–Crippen LogP) is 3.76. The minimum atomic E-state index is -0.0751. The van der Waals surface area contributed by atoms with Crippen molar-refractivity contribution in [1.82, 2.24) is 9.97 Å². The molecule has 1 atom stereocenters. The highest BCUT2D eigenvalue weighted by Gasteiger charge is 2.23. The Morgan fingerprint density at radius 3 is 2.79 bits per heavy atom. The molecule has 3 nitrogen and oxygen atoms in total. The third kappa shape index (κ3) is 3.76. The second kappa shape index (κ2) is 5.88. The van der Waals surface area contributed by atoms with E-state index in [1.165, 1.54) is 6.42 Å². The summed E-state index contributed by atoms with van der Waals surface area (Å²) in [6.45, 7) is 10.7. The first-order chi connectivity index (χ1) is 8.90. The Hall–Kier alpha value is -0.480. The van der Waals surface area contributed by atoms with Crippen molar-refractivity contribution in [2.24, 2.45) is 0 Å². The number of halogens is 1. The van der Waals surface area contributed by atoms with Gasteiger partial charge in [0.2, 0.25) is 0 Å². The molecular formula is C14H22ClN3S. The van der Waals surface area contributed by atoms with Crippen LogP contribution in [0.4, 0.5) is 5.82 Å². The number of rotatable bonds is 2. The normalized spacial score (nSPS) is 20.7. The van der Waals surface area contributed by atoms with Crippen LogP contribution < -0.4 is 4.90 Å². The summed E-state index contributed by atoms with van der Waals surface area (Å²) in [6.07, 6.45) is 1.20. The molecule has 2 heterocycles. The Bertz CT molecular complexity index is 445. The Kier molecular flexibility index (Phi) is 4.62. The topological polar surface area (TPSA) is 29.0 Å². The molecule has 1 unspecified atom stereocenters. The van der Waals surface area contributed by atoms with Crippen LogP contribution in [0.25, 0.3) is 0 Å². The molecule has 1 fully saturated rings. The average molecular weight is 300 g/mol. The summed E-state index contributed by atoms with van der Waals surface area (Å²) in [5.41, 5.74) is -0.0751. The number of hydrogen-bond donors (Lipinski definition) is 0. The average Bonchev–Trinajstić information content (AvgIpc) is 2.37. The molecule has 1 saturated heterocycles. The molecule has 0 radical (unpaired) electrons. The molecule has 0 bridgehead atoms. The van der Waals surface area contributed by atoms with Crippen LogP contribution in [-0.2, 0) is 5.41 Å². The molecule has 1 aliphatic heterocycles.